The smallest absolute Gasteiger partial charge is 0.339 e. The molecule has 2 aromatic heterocycles. The number of nitrogens with zero attached hydrogens (tertiary/aromatic N) is 1. The lowest BCUT2D eigenvalue weighted by Crippen LogP contribution is -2.17. The molecule has 2 heterocycles. The van der Waals surface area contributed by atoms with Crippen molar-refractivity contribution in [3.8, 4) is 0 Å². The molecule has 0 aliphatic rings. The Kier molecular flexibility index (Phi) is 3.61. The minimum Gasteiger partial charge on any atom is -0.478 e. The molecule has 0 aliphatic heterocycles. The Balaban J connectivity index is 2.00. The highest BCUT2D eigenvalue weighted by Crippen LogP contribution is 2.16. The summed E-state index contributed by atoms with van der Waals surface area (Å²) < 4.78 is 5.20. The Hall–Kier alpha value is -1.59. The van der Waals surface area contributed by atoms with Crippen molar-refractivity contribution in [3.05, 3.63) is 46.0 Å². The van der Waals surface area contributed by atoms with Crippen LogP contribution in [0.4, 0.5) is 0 Å². The van der Waals surface area contributed by atoms with E-state index in [0.29, 0.717) is 12.3 Å². The summed E-state index contributed by atoms with van der Waals surface area (Å²) in [4.78, 5) is 14.2. The normalized spacial score (nSPS) is 10.9. The van der Waals surface area contributed by atoms with Crippen LogP contribution in [0, 0.1) is 0 Å². The minimum absolute atomic E-state index is 0.239. The fourth-order valence-electron chi connectivity index (χ4n) is 1.62. The summed E-state index contributed by atoms with van der Waals surface area (Å²) in [5.74, 6) is -0.449. The number of carboxylic acid groups (broad SMARTS) is 1. The van der Waals surface area contributed by atoms with Crippen molar-refractivity contribution in [3.63, 3.8) is 0 Å². The average Bonchev–Trinajstić information content (AvgIpc) is 2.88. The van der Waals surface area contributed by atoms with Crippen molar-refractivity contribution in [1.29, 1.82) is 0 Å². The monoisotopic (exact) mass is 251 g/mol. The molecule has 1 N–H and O–H groups in total. The van der Waals surface area contributed by atoms with E-state index < -0.39 is 5.97 Å². The van der Waals surface area contributed by atoms with Crippen molar-refractivity contribution in [1.82, 2.24) is 4.90 Å². The Labute approximate surface area is 103 Å². The number of carboxylic acids is 1. The predicted molar refractivity (Wildman–Crippen MR) is 65.2 cm³/mol. The topological polar surface area (TPSA) is 53.7 Å². The van der Waals surface area contributed by atoms with Gasteiger partial charge in [-0.2, -0.15) is 0 Å². The van der Waals surface area contributed by atoms with E-state index in [1.807, 2.05) is 23.4 Å². The zero-order chi connectivity index (χ0) is 12.3. The van der Waals surface area contributed by atoms with Gasteiger partial charge >= 0.3 is 5.97 Å². The van der Waals surface area contributed by atoms with Gasteiger partial charge in [0.1, 0.15) is 11.3 Å². The van der Waals surface area contributed by atoms with E-state index in [1.54, 1.807) is 11.3 Å². The van der Waals surface area contributed by atoms with E-state index >= 15 is 0 Å². The van der Waals surface area contributed by atoms with Crippen LogP contribution in [-0.2, 0) is 13.1 Å². The Bertz CT molecular complexity index is 490. The largest absolute Gasteiger partial charge is 0.478 e. The van der Waals surface area contributed by atoms with Crippen LogP contribution in [0.25, 0.3) is 0 Å². The Morgan fingerprint density at radius 1 is 1.47 bits per heavy atom. The van der Waals surface area contributed by atoms with Crippen LogP contribution < -0.4 is 0 Å². The predicted octanol–water partition coefficient (Wildman–Crippen LogP) is 2.67. The van der Waals surface area contributed by atoms with Crippen LogP contribution in [0.15, 0.2) is 34.3 Å². The van der Waals surface area contributed by atoms with Gasteiger partial charge < -0.3 is 9.52 Å². The summed E-state index contributed by atoms with van der Waals surface area (Å²) in [6, 6.07) is 5.54. The fraction of sp³-hybridized carbons (Fsp3) is 0.250. The van der Waals surface area contributed by atoms with Crippen molar-refractivity contribution in [2.75, 3.05) is 7.05 Å². The van der Waals surface area contributed by atoms with Gasteiger partial charge in [-0.05, 0) is 24.6 Å². The molecule has 0 spiro atoms. The van der Waals surface area contributed by atoms with Crippen LogP contribution in [0.1, 0.15) is 21.0 Å². The number of hydrogen-bond donors (Lipinski definition) is 1. The molecule has 0 unspecified atom stereocenters. The Morgan fingerprint density at radius 3 is 2.94 bits per heavy atom. The molecule has 0 aliphatic carbocycles. The first-order valence-corrected chi connectivity index (χ1v) is 6.05. The van der Waals surface area contributed by atoms with Gasteiger partial charge in [-0.15, -0.1) is 11.3 Å². The molecule has 2 aromatic rings. The molecule has 0 radical (unpaired) electrons. The molecule has 0 saturated heterocycles. The van der Waals surface area contributed by atoms with Gasteiger partial charge in [-0.3, -0.25) is 4.90 Å². The van der Waals surface area contributed by atoms with Crippen LogP contribution in [0.2, 0.25) is 0 Å². The highest BCUT2D eigenvalue weighted by molar-refractivity contribution is 7.09. The number of rotatable bonds is 5. The van der Waals surface area contributed by atoms with Gasteiger partial charge in [0.15, 0.2) is 0 Å². The second-order valence-electron chi connectivity index (χ2n) is 3.81. The lowest BCUT2D eigenvalue weighted by atomic mass is 10.2. The van der Waals surface area contributed by atoms with Gasteiger partial charge in [0.25, 0.3) is 0 Å². The standard InChI is InChI=1S/C12H13NO3S/c1-13(7-9-3-2-6-17-9)8-11-10(12(14)15)4-5-16-11/h2-6H,7-8H2,1H3,(H,14,15). The summed E-state index contributed by atoms with van der Waals surface area (Å²) in [6.45, 7) is 1.28. The van der Waals surface area contributed by atoms with E-state index in [2.05, 4.69) is 6.07 Å². The molecule has 4 nitrogen and oxygen atoms in total. The van der Waals surface area contributed by atoms with Crippen molar-refractivity contribution >= 4 is 17.3 Å². The van der Waals surface area contributed by atoms with E-state index in [9.17, 15) is 4.79 Å². The first kappa shape index (κ1) is 11.9. The number of furan rings is 1. The minimum atomic E-state index is -0.946. The highest BCUT2D eigenvalue weighted by Gasteiger charge is 2.15. The molecule has 90 valence electrons. The van der Waals surface area contributed by atoms with Crippen LogP contribution in [0.5, 0.6) is 0 Å². The number of hydrogen-bond acceptors (Lipinski definition) is 4. The maximum atomic E-state index is 10.9. The summed E-state index contributed by atoms with van der Waals surface area (Å²) >= 11 is 1.69. The van der Waals surface area contributed by atoms with E-state index in [0.717, 1.165) is 6.54 Å². The SMILES string of the molecule is CN(Cc1cccs1)Cc1occc1C(=O)O. The van der Waals surface area contributed by atoms with Gasteiger partial charge in [0.05, 0.1) is 12.8 Å². The highest BCUT2D eigenvalue weighted by atomic mass is 32.1. The molecule has 5 heteroatoms. The molecule has 0 aromatic carbocycles. The fourth-order valence-corrected chi connectivity index (χ4v) is 2.41. The Morgan fingerprint density at radius 2 is 2.29 bits per heavy atom. The zero-order valence-corrected chi connectivity index (χ0v) is 10.2. The molecule has 0 atom stereocenters. The maximum absolute atomic E-state index is 10.9. The second kappa shape index (κ2) is 5.16. The summed E-state index contributed by atoms with van der Waals surface area (Å²) in [6.07, 6.45) is 1.41. The van der Waals surface area contributed by atoms with Crippen molar-refractivity contribution in [2.45, 2.75) is 13.1 Å². The third-order valence-electron chi connectivity index (χ3n) is 2.40. The molecule has 17 heavy (non-hydrogen) atoms. The lowest BCUT2D eigenvalue weighted by molar-refractivity contribution is 0.0693. The summed E-state index contributed by atoms with van der Waals surface area (Å²) in [7, 11) is 1.94. The molecular formula is C12H13NO3S. The van der Waals surface area contributed by atoms with Gasteiger partial charge in [0.2, 0.25) is 0 Å². The number of carbonyl (C=O) groups is 1. The maximum Gasteiger partial charge on any atom is 0.339 e. The van der Waals surface area contributed by atoms with Crippen molar-refractivity contribution in [2.24, 2.45) is 0 Å². The van der Waals surface area contributed by atoms with Crippen LogP contribution in [-0.4, -0.2) is 23.0 Å². The lowest BCUT2D eigenvalue weighted by Gasteiger charge is -2.14. The summed E-state index contributed by atoms with van der Waals surface area (Å²) in [5.41, 5.74) is 0.239. The molecule has 0 bridgehead atoms. The molecule has 0 fully saturated rings. The van der Waals surface area contributed by atoms with E-state index in [-0.39, 0.29) is 5.56 Å². The zero-order valence-electron chi connectivity index (χ0n) is 9.42. The van der Waals surface area contributed by atoms with E-state index in [1.165, 1.54) is 17.2 Å². The van der Waals surface area contributed by atoms with Crippen LogP contribution >= 0.6 is 11.3 Å². The molecular weight excluding hydrogens is 238 g/mol. The molecule has 0 amide bonds. The van der Waals surface area contributed by atoms with E-state index in [4.69, 9.17) is 9.52 Å². The van der Waals surface area contributed by atoms with Gasteiger partial charge in [-0.25, -0.2) is 4.79 Å². The quantitative estimate of drug-likeness (QED) is 0.887. The van der Waals surface area contributed by atoms with Gasteiger partial charge in [-0.1, -0.05) is 6.07 Å². The number of aromatic carboxylic acids is 1. The first-order chi connectivity index (χ1) is 8.16. The second-order valence-corrected chi connectivity index (χ2v) is 4.85. The number of thiophene rings is 1. The molecule has 2 rings (SSSR count). The third kappa shape index (κ3) is 2.95. The first-order valence-electron chi connectivity index (χ1n) is 5.17. The van der Waals surface area contributed by atoms with Crippen LogP contribution in [0.3, 0.4) is 0 Å². The average molecular weight is 251 g/mol. The molecule has 0 saturated carbocycles. The van der Waals surface area contributed by atoms with Crippen molar-refractivity contribution < 1.29 is 14.3 Å². The summed E-state index contributed by atoms with van der Waals surface area (Å²) in [5, 5.41) is 11.0. The van der Waals surface area contributed by atoms with Gasteiger partial charge in [0, 0.05) is 11.4 Å². The third-order valence-corrected chi connectivity index (χ3v) is 3.26.